The number of aryl methyl sites for hydroxylation is 2. The SMILES string of the molecule is Cc1ccc(C)c(Cn2cc(C(=O)Nc3ccc(Cl)c([N+](=O)[O-])c3)ccc2=O)c1. The second kappa shape index (κ2) is 8.28. The molecule has 1 heterocycles. The lowest BCUT2D eigenvalue weighted by Gasteiger charge is -2.12. The summed E-state index contributed by atoms with van der Waals surface area (Å²) in [6, 6.07) is 12.7. The van der Waals surface area contributed by atoms with E-state index in [-0.39, 0.29) is 27.5 Å². The minimum absolute atomic E-state index is 0.0185. The van der Waals surface area contributed by atoms with Crippen LogP contribution < -0.4 is 10.9 Å². The Hall–Kier alpha value is -3.45. The number of benzene rings is 2. The maximum Gasteiger partial charge on any atom is 0.289 e. The molecule has 2 aromatic carbocycles. The molecule has 148 valence electrons. The van der Waals surface area contributed by atoms with E-state index in [1.54, 1.807) is 0 Å². The van der Waals surface area contributed by atoms with Crippen molar-refractivity contribution in [2.75, 3.05) is 5.32 Å². The number of halogens is 1. The van der Waals surface area contributed by atoms with Gasteiger partial charge in [-0.05, 0) is 43.2 Å². The van der Waals surface area contributed by atoms with E-state index in [9.17, 15) is 19.7 Å². The third-order valence-corrected chi connectivity index (χ3v) is 4.81. The van der Waals surface area contributed by atoms with E-state index in [1.807, 2.05) is 32.0 Å². The summed E-state index contributed by atoms with van der Waals surface area (Å²) in [5.41, 5.74) is 3.07. The van der Waals surface area contributed by atoms with Crippen LogP contribution in [0.2, 0.25) is 5.02 Å². The number of carbonyl (C=O) groups excluding carboxylic acids is 1. The van der Waals surface area contributed by atoms with E-state index in [2.05, 4.69) is 5.32 Å². The second-order valence-corrected chi connectivity index (χ2v) is 7.10. The average Bonchev–Trinajstić information content (AvgIpc) is 2.67. The van der Waals surface area contributed by atoms with Crippen LogP contribution >= 0.6 is 11.6 Å². The molecule has 3 aromatic rings. The normalized spacial score (nSPS) is 10.6. The van der Waals surface area contributed by atoms with Crippen molar-refractivity contribution in [3.05, 3.63) is 102 Å². The number of hydrogen-bond acceptors (Lipinski definition) is 4. The molecular formula is C21H18ClN3O4. The monoisotopic (exact) mass is 411 g/mol. The quantitative estimate of drug-likeness (QED) is 0.499. The summed E-state index contributed by atoms with van der Waals surface area (Å²) in [6.07, 6.45) is 1.48. The number of rotatable bonds is 5. The molecule has 0 aliphatic heterocycles. The number of nitro benzene ring substituents is 1. The van der Waals surface area contributed by atoms with Crippen molar-refractivity contribution < 1.29 is 9.72 Å². The first kappa shape index (κ1) is 20.3. The van der Waals surface area contributed by atoms with Gasteiger partial charge in [-0.2, -0.15) is 0 Å². The number of carbonyl (C=O) groups is 1. The van der Waals surface area contributed by atoms with Crippen LogP contribution in [0.1, 0.15) is 27.0 Å². The fraction of sp³-hybridized carbons (Fsp3) is 0.143. The molecule has 0 radical (unpaired) electrons. The molecule has 0 saturated carbocycles. The predicted molar refractivity (Wildman–Crippen MR) is 112 cm³/mol. The Kier molecular flexibility index (Phi) is 5.79. The third kappa shape index (κ3) is 4.70. The molecule has 0 bridgehead atoms. The molecule has 29 heavy (non-hydrogen) atoms. The van der Waals surface area contributed by atoms with Crippen LogP contribution in [0.4, 0.5) is 11.4 Å². The third-order valence-electron chi connectivity index (χ3n) is 4.49. The average molecular weight is 412 g/mol. The lowest BCUT2D eigenvalue weighted by Crippen LogP contribution is -2.23. The number of anilines is 1. The molecule has 1 N–H and O–H groups in total. The van der Waals surface area contributed by atoms with E-state index in [0.29, 0.717) is 6.54 Å². The maximum atomic E-state index is 12.6. The summed E-state index contributed by atoms with van der Waals surface area (Å²) in [5.74, 6) is -0.490. The smallest absolute Gasteiger partial charge is 0.289 e. The number of nitro groups is 1. The van der Waals surface area contributed by atoms with Gasteiger partial charge in [0.15, 0.2) is 0 Å². The molecule has 0 spiro atoms. The molecule has 0 atom stereocenters. The van der Waals surface area contributed by atoms with Crippen LogP contribution in [0.15, 0.2) is 59.5 Å². The highest BCUT2D eigenvalue weighted by Gasteiger charge is 2.15. The largest absolute Gasteiger partial charge is 0.322 e. The van der Waals surface area contributed by atoms with Gasteiger partial charge >= 0.3 is 0 Å². The van der Waals surface area contributed by atoms with Crippen molar-refractivity contribution in [2.24, 2.45) is 0 Å². The van der Waals surface area contributed by atoms with Crippen molar-refractivity contribution in [1.29, 1.82) is 0 Å². The zero-order valence-corrected chi connectivity index (χ0v) is 16.6. The summed E-state index contributed by atoms with van der Waals surface area (Å²) < 4.78 is 1.46. The van der Waals surface area contributed by atoms with Gasteiger partial charge in [0, 0.05) is 24.0 Å². The molecule has 3 rings (SSSR count). The first-order valence-corrected chi connectivity index (χ1v) is 9.14. The highest BCUT2D eigenvalue weighted by atomic mass is 35.5. The number of amides is 1. The van der Waals surface area contributed by atoms with E-state index in [4.69, 9.17) is 11.6 Å². The van der Waals surface area contributed by atoms with Gasteiger partial charge in [-0.3, -0.25) is 19.7 Å². The van der Waals surface area contributed by atoms with Gasteiger partial charge in [-0.25, -0.2) is 0 Å². The molecule has 0 fully saturated rings. The molecule has 0 aliphatic carbocycles. The Balaban J connectivity index is 1.86. The fourth-order valence-corrected chi connectivity index (χ4v) is 3.06. The highest BCUT2D eigenvalue weighted by molar-refractivity contribution is 6.32. The molecule has 1 aromatic heterocycles. The number of nitrogens with one attached hydrogen (secondary N) is 1. The van der Waals surface area contributed by atoms with Gasteiger partial charge in [0.25, 0.3) is 17.2 Å². The van der Waals surface area contributed by atoms with E-state index in [0.717, 1.165) is 16.7 Å². The molecule has 0 aliphatic rings. The Morgan fingerprint density at radius 2 is 1.90 bits per heavy atom. The fourth-order valence-electron chi connectivity index (χ4n) is 2.88. The van der Waals surface area contributed by atoms with Gasteiger partial charge in [0.1, 0.15) is 5.02 Å². The summed E-state index contributed by atoms with van der Waals surface area (Å²) in [6.45, 7) is 4.27. The molecule has 8 heteroatoms. The maximum absolute atomic E-state index is 12.6. The minimum Gasteiger partial charge on any atom is -0.322 e. The van der Waals surface area contributed by atoms with Crippen LogP contribution in [-0.2, 0) is 6.54 Å². The van der Waals surface area contributed by atoms with Crippen molar-refractivity contribution in [3.63, 3.8) is 0 Å². The highest BCUT2D eigenvalue weighted by Crippen LogP contribution is 2.27. The molecule has 7 nitrogen and oxygen atoms in total. The molecule has 1 amide bonds. The van der Waals surface area contributed by atoms with Gasteiger partial charge in [-0.15, -0.1) is 0 Å². The first-order chi connectivity index (χ1) is 13.7. The summed E-state index contributed by atoms with van der Waals surface area (Å²) >= 11 is 5.79. The van der Waals surface area contributed by atoms with Crippen LogP contribution in [0.25, 0.3) is 0 Å². The van der Waals surface area contributed by atoms with Crippen LogP contribution in [0.5, 0.6) is 0 Å². The van der Waals surface area contributed by atoms with Crippen molar-refractivity contribution in [2.45, 2.75) is 20.4 Å². The van der Waals surface area contributed by atoms with Gasteiger partial charge < -0.3 is 9.88 Å². The summed E-state index contributed by atoms with van der Waals surface area (Å²) in [5, 5.41) is 13.6. The summed E-state index contributed by atoms with van der Waals surface area (Å²) in [4.78, 5) is 35.2. The Labute approximate surface area is 171 Å². The second-order valence-electron chi connectivity index (χ2n) is 6.69. The Morgan fingerprint density at radius 3 is 2.62 bits per heavy atom. The van der Waals surface area contributed by atoms with E-state index >= 15 is 0 Å². The Morgan fingerprint density at radius 1 is 1.14 bits per heavy atom. The first-order valence-electron chi connectivity index (χ1n) is 8.76. The number of nitrogens with zero attached hydrogens (tertiary/aromatic N) is 2. The number of aromatic nitrogens is 1. The zero-order chi connectivity index (χ0) is 21.1. The van der Waals surface area contributed by atoms with Gasteiger partial charge in [0.2, 0.25) is 0 Å². The number of pyridine rings is 1. The van der Waals surface area contributed by atoms with E-state index in [1.165, 1.54) is 41.1 Å². The standard InChI is InChI=1S/C21H18ClN3O4/c1-13-3-4-14(2)16(9-13)12-24-11-15(5-8-20(24)26)21(27)23-17-6-7-18(22)19(10-17)25(28)29/h3-11H,12H2,1-2H3,(H,23,27). The Bertz CT molecular complexity index is 1170. The topological polar surface area (TPSA) is 94.2 Å². The predicted octanol–water partition coefficient (Wildman–Crippen LogP) is 4.33. The van der Waals surface area contributed by atoms with Gasteiger partial charge in [-0.1, -0.05) is 35.4 Å². The zero-order valence-electron chi connectivity index (χ0n) is 15.8. The number of hydrogen-bond donors (Lipinski definition) is 1. The van der Waals surface area contributed by atoms with Crippen LogP contribution in [0.3, 0.4) is 0 Å². The van der Waals surface area contributed by atoms with Gasteiger partial charge in [0.05, 0.1) is 17.0 Å². The van der Waals surface area contributed by atoms with Crippen molar-refractivity contribution in [1.82, 2.24) is 4.57 Å². The van der Waals surface area contributed by atoms with Crippen molar-refractivity contribution >= 4 is 28.9 Å². The molecule has 0 unspecified atom stereocenters. The van der Waals surface area contributed by atoms with Crippen LogP contribution in [-0.4, -0.2) is 15.4 Å². The van der Waals surface area contributed by atoms with E-state index < -0.39 is 10.8 Å². The van der Waals surface area contributed by atoms with Crippen LogP contribution in [0, 0.1) is 24.0 Å². The molecule has 0 saturated heterocycles. The summed E-state index contributed by atoms with van der Waals surface area (Å²) in [7, 11) is 0. The molecular weight excluding hydrogens is 394 g/mol. The van der Waals surface area contributed by atoms with Crippen molar-refractivity contribution in [3.8, 4) is 0 Å². The lowest BCUT2D eigenvalue weighted by atomic mass is 10.1. The lowest BCUT2D eigenvalue weighted by molar-refractivity contribution is -0.384. The minimum atomic E-state index is -0.623.